The average molecular weight is 271 g/mol. The number of nitrogens with one attached hydrogen (secondary N) is 1. The van der Waals surface area contributed by atoms with E-state index in [0.717, 1.165) is 19.3 Å². The molecule has 0 aromatic heterocycles. The number of aliphatic hydroxyl groups excluding tert-OH is 1. The Morgan fingerprint density at radius 2 is 2.00 bits per heavy atom. The number of carbonyl (C=O) groups is 2. The third-order valence-electron chi connectivity index (χ3n) is 4.30. The Morgan fingerprint density at radius 1 is 1.37 bits per heavy atom. The Hall–Kier alpha value is -1.10. The number of rotatable bonds is 5. The normalized spacial score (nSPS) is 26.8. The zero-order chi connectivity index (χ0) is 14.6. The molecule has 1 rings (SSSR count). The smallest absolute Gasteiger partial charge is 0.310 e. The molecule has 0 saturated heterocycles. The molecule has 0 aliphatic heterocycles. The van der Waals surface area contributed by atoms with Crippen LogP contribution in [0.15, 0.2) is 0 Å². The Labute approximate surface area is 114 Å². The summed E-state index contributed by atoms with van der Waals surface area (Å²) < 4.78 is 0. The van der Waals surface area contributed by atoms with E-state index < -0.39 is 11.4 Å². The minimum atomic E-state index is -1.04. The Balaban J connectivity index is 2.56. The van der Waals surface area contributed by atoms with Crippen molar-refractivity contribution in [2.75, 3.05) is 0 Å². The molecule has 5 heteroatoms. The lowest BCUT2D eigenvalue weighted by atomic mass is 9.76. The molecule has 0 spiro atoms. The monoisotopic (exact) mass is 271 g/mol. The molecule has 1 aliphatic carbocycles. The second-order valence-electron chi connectivity index (χ2n) is 6.14. The van der Waals surface area contributed by atoms with Crippen LogP contribution in [0.25, 0.3) is 0 Å². The second-order valence-corrected chi connectivity index (χ2v) is 6.14. The van der Waals surface area contributed by atoms with Gasteiger partial charge in [0.25, 0.3) is 0 Å². The van der Waals surface area contributed by atoms with E-state index in [2.05, 4.69) is 5.32 Å². The standard InChI is InChI=1S/C14H25NO4/c1-9(2)14(3,13(18)19)8-12(17)15-10-5-4-6-11(16)7-10/h9-11,16H,4-8H2,1-3H3,(H,15,17)(H,18,19). The van der Waals surface area contributed by atoms with E-state index in [4.69, 9.17) is 0 Å². The van der Waals surface area contributed by atoms with Gasteiger partial charge < -0.3 is 15.5 Å². The number of hydrogen-bond donors (Lipinski definition) is 3. The number of carboxylic acids is 1. The summed E-state index contributed by atoms with van der Waals surface area (Å²) in [5, 5.41) is 21.7. The highest BCUT2D eigenvalue weighted by Crippen LogP contribution is 2.31. The van der Waals surface area contributed by atoms with E-state index in [-0.39, 0.29) is 30.4 Å². The molecule has 1 saturated carbocycles. The Kier molecular flexibility index (Phi) is 5.35. The van der Waals surface area contributed by atoms with Gasteiger partial charge in [0.15, 0.2) is 0 Å². The van der Waals surface area contributed by atoms with E-state index in [1.807, 2.05) is 13.8 Å². The molecule has 3 unspecified atom stereocenters. The number of aliphatic hydroxyl groups is 1. The van der Waals surface area contributed by atoms with Gasteiger partial charge >= 0.3 is 5.97 Å². The number of amides is 1. The summed E-state index contributed by atoms with van der Waals surface area (Å²) in [6.07, 6.45) is 2.73. The molecule has 110 valence electrons. The van der Waals surface area contributed by atoms with Gasteiger partial charge in [0.2, 0.25) is 5.91 Å². The molecule has 0 aromatic carbocycles. The lowest BCUT2D eigenvalue weighted by Gasteiger charge is -2.31. The van der Waals surface area contributed by atoms with Gasteiger partial charge in [-0.3, -0.25) is 9.59 Å². The maximum absolute atomic E-state index is 12.0. The fourth-order valence-electron chi connectivity index (χ4n) is 2.43. The molecule has 1 aliphatic rings. The van der Waals surface area contributed by atoms with Crippen molar-refractivity contribution in [1.29, 1.82) is 0 Å². The third kappa shape index (κ3) is 4.20. The van der Waals surface area contributed by atoms with Gasteiger partial charge in [-0.05, 0) is 38.5 Å². The van der Waals surface area contributed by atoms with Gasteiger partial charge in [0.05, 0.1) is 11.5 Å². The number of hydrogen-bond acceptors (Lipinski definition) is 3. The van der Waals surface area contributed by atoms with Crippen LogP contribution in [0.4, 0.5) is 0 Å². The van der Waals surface area contributed by atoms with Crippen LogP contribution in [-0.4, -0.2) is 34.2 Å². The molecular formula is C14H25NO4. The summed E-state index contributed by atoms with van der Waals surface area (Å²) in [4.78, 5) is 23.3. The van der Waals surface area contributed by atoms with Gasteiger partial charge in [0.1, 0.15) is 0 Å². The Morgan fingerprint density at radius 3 is 2.47 bits per heavy atom. The molecule has 19 heavy (non-hydrogen) atoms. The van der Waals surface area contributed by atoms with Crippen LogP contribution in [0, 0.1) is 11.3 Å². The molecule has 0 aromatic rings. The molecule has 1 fully saturated rings. The first-order valence-electron chi connectivity index (χ1n) is 6.96. The summed E-state index contributed by atoms with van der Waals surface area (Å²) in [5.74, 6) is -1.30. The van der Waals surface area contributed by atoms with Crippen LogP contribution >= 0.6 is 0 Å². The largest absolute Gasteiger partial charge is 0.481 e. The minimum Gasteiger partial charge on any atom is -0.481 e. The topological polar surface area (TPSA) is 86.6 Å². The van der Waals surface area contributed by atoms with E-state index in [1.54, 1.807) is 6.92 Å². The maximum Gasteiger partial charge on any atom is 0.310 e. The van der Waals surface area contributed by atoms with Crippen LogP contribution in [0.1, 0.15) is 52.9 Å². The highest BCUT2D eigenvalue weighted by molar-refractivity contribution is 5.85. The lowest BCUT2D eigenvalue weighted by Crippen LogP contribution is -2.44. The molecule has 1 amide bonds. The van der Waals surface area contributed by atoms with Gasteiger partial charge in [-0.2, -0.15) is 0 Å². The van der Waals surface area contributed by atoms with Crippen molar-refractivity contribution in [3.05, 3.63) is 0 Å². The molecule has 0 heterocycles. The fourth-order valence-corrected chi connectivity index (χ4v) is 2.43. The SMILES string of the molecule is CC(C)C(C)(CC(=O)NC1CCCC(O)C1)C(=O)O. The van der Waals surface area contributed by atoms with Crippen molar-refractivity contribution < 1.29 is 19.8 Å². The molecule has 0 bridgehead atoms. The first-order chi connectivity index (χ1) is 8.75. The van der Waals surface area contributed by atoms with Crippen LogP contribution < -0.4 is 5.32 Å². The quantitative estimate of drug-likeness (QED) is 0.708. The zero-order valence-electron chi connectivity index (χ0n) is 12.0. The molecule has 0 radical (unpaired) electrons. The number of carbonyl (C=O) groups excluding carboxylic acids is 1. The van der Waals surface area contributed by atoms with Crippen molar-refractivity contribution in [2.24, 2.45) is 11.3 Å². The van der Waals surface area contributed by atoms with E-state index >= 15 is 0 Å². The van der Waals surface area contributed by atoms with Crippen molar-refractivity contribution >= 4 is 11.9 Å². The summed E-state index contributed by atoms with van der Waals surface area (Å²) in [7, 11) is 0. The highest BCUT2D eigenvalue weighted by atomic mass is 16.4. The number of aliphatic carboxylic acids is 1. The van der Waals surface area contributed by atoms with Crippen LogP contribution in [-0.2, 0) is 9.59 Å². The molecule has 3 N–H and O–H groups in total. The van der Waals surface area contributed by atoms with E-state index in [0.29, 0.717) is 6.42 Å². The van der Waals surface area contributed by atoms with Crippen LogP contribution in [0.5, 0.6) is 0 Å². The van der Waals surface area contributed by atoms with Gasteiger partial charge in [-0.15, -0.1) is 0 Å². The first-order valence-corrected chi connectivity index (χ1v) is 6.96. The first kappa shape index (κ1) is 16.0. The fraction of sp³-hybridized carbons (Fsp3) is 0.857. The lowest BCUT2D eigenvalue weighted by molar-refractivity contribution is -0.153. The maximum atomic E-state index is 12.0. The average Bonchev–Trinajstić information content (AvgIpc) is 2.27. The predicted octanol–water partition coefficient (Wildman–Crippen LogP) is 1.54. The summed E-state index contributed by atoms with van der Waals surface area (Å²) in [6.45, 7) is 5.23. The van der Waals surface area contributed by atoms with E-state index in [9.17, 15) is 19.8 Å². The van der Waals surface area contributed by atoms with Crippen LogP contribution in [0.2, 0.25) is 0 Å². The highest BCUT2D eigenvalue weighted by Gasteiger charge is 2.39. The van der Waals surface area contributed by atoms with Crippen molar-refractivity contribution in [3.63, 3.8) is 0 Å². The number of carboxylic acid groups (broad SMARTS) is 1. The third-order valence-corrected chi connectivity index (χ3v) is 4.30. The Bertz CT molecular complexity index is 342. The predicted molar refractivity (Wildman–Crippen MR) is 71.6 cm³/mol. The van der Waals surface area contributed by atoms with Gasteiger partial charge in [-0.1, -0.05) is 13.8 Å². The molecule has 3 atom stereocenters. The van der Waals surface area contributed by atoms with E-state index in [1.165, 1.54) is 0 Å². The van der Waals surface area contributed by atoms with Gasteiger partial charge in [0, 0.05) is 12.5 Å². The molecular weight excluding hydrogens is 246 g/mol. The van der Waals surface area contributed by atoms with Crippen LogP contribution in [0.3, 0.4) is 0 Å². The molecule has 5 nitrogen and oxygen atoms in total. The van der Waals surface area contributed by atoms with Crippen molar-refractivity contribution in [2.45, 2.75) is 65.0 Å². The zero-order valence-corrected chi connectivity index (χ0v) is 12.0. The van der Waals surface area contributed by atoms with Crippen molar-refractivity contribution in [3.8, 4) is 0 Å². The second kappa shape index (κ2) is 6.37. The van der Waals surface area contributed by atoms with Crippen molar-refractivity contribution in [1.82, 2.24) is 5.32 Å². The summed E-state index contributed by atoms with van der Waals surface area (Å²) in [6, 6.07) is -0.0264. The van der Waals surface area contributed by atoms with Gasteiger partial charge in [-0.25, -0.2) is 0 Å². The minimum absolute atomic E-state index is 0.0212. The summed E-state index contributed by atoms with van der Waals surface area (Å²) in [5.41, 5.74) is -1.04. The summed E-state index contributed by atoms with van der Waals surface area (Å²) >= 11 is 0.